The van der Waals surface area contributed by atoms with Gasteiger partial charge >= 0.3 is 6.03 Å². The molecule has 0 aromatic rings. The van der Waals surface area contributed by atoms with Crippen LogP contribution in [-0.4, -0.2) is 54.7 Å². The van der Waals surface area contributed by atoms with Gasteiger partial charge in [0.15, 0.2) is 0 Å². The summed E-state index contributed by atoms with van der Waals surface area (Å²) in [5.74, 6) is 0. The number of hydrogen-bond acceptors (Lipinski definition) is 2. The van der Waals surface area contributed by atoms with E-state index >= 15 is 0 Å². The molecule has 0 aromatic carbocycles. The highest BCUT2D eigenvalue weighted by atomic mass is 16.5. The SMILES string of the molecule is CCN(C)C(=O)N1CC(C)OC(C)C1. The van der Waals surface area contributed by atoms with Crippen molar-refractivity contribution in [3.8, 4) is 0 Å². The van der Waals surface area contributed by atoms with Crippen LogP contribution in [-0.2, 0) is 4.74 Å². The lowest BCUT2D eigenvalue weighted by Crippen LogP contribution is -2.51. The van der Waals surface area contributed by atoms with E-state index in [1.165, 1.54) is 0 Å². The molecule has 0 aliphatic carbocycles. The zero-order chi connectivity index (χ0) is 10.7. The lowest BCUT2D eigenvalue weighted by molar-refractivity contribution is -0.0574. The summed E-state index contributed by atoms with van der Waals surface area (Å²) in [6.45, 7) is 8.13. The van der Waals surface area contributed by atoms with E-state index in [0.717, 1.165) is 6.54 Å². The Morgan fingerprint density at radius 1 is 1.43 bits per heavy atom. The van der Waals surface area contributed by atoms with E-state index in [9.17, 15) is 4.79 Å². The normalized spacial score (nSPS) is 27.6. The third-order valence-electron chi connectivity index (χ3n) is 2.49. The molecule has 0 spiro atoms. The minimum Gasteiger partial charge on any atom is -0.372 e. The average Bonchev–Trinajstić information content (AvgIpc) is 2.14. The van der Waals surface area contributed by atoms with E-state index in [4.69, 9.17) is 4.74 Å². The van der Waals surface area contributed by atoms with Crippen LogP contribution in [0.4, 0.5) is 4.79 Å². The monoisotopic (exact) mass is 200 g/mol. The molecule has 0 bridgehead atoms. The number of carbonyl (C=O) groups excluding carboxylic acids is 1. The molecule has 2 atom stereocenters. The summed E-state index contributed by atoms with van der Waals surface area (Å²) in [4.78, 5) is 15.4. The van der Waals surface area contributed by atoms with Crippen molar-refractivity contribution in [1.29, 1.82) is 0 Å². The molecular weight excluding hydrogens is 180 g/mol. The maximum Gasteiger partial charge on any atom is 0.319 e. The van der Waals surface area contributed by atoms with Crippen LogP contribution in [0.1, 0.15) is 20.8 Å². The number of carbonyl (C=O) groups is 1. The van der Waals surface area contributed by atoms with Crippen molar-refractivity contribution in [2.75, 3.05) is 26.7 Å². The smallest absolute Gasteiger partial charge is 0.319 e. The van der Waals surface area contributed by atoms with E-state index in [1.807, 2.05) is 32.7 Å². The van der Waals surface area contributed by atoms with Crippen molar-refractivity contribution in [2.24, 2.45) is 0 Å². The number of urea groups is 1. The minimum absolute atomic E-state index is 0.106. The molecule has 82 valence electrons. The molecule has 1 heterocycles. The van der Waals surface area contributed by atoms with Gasteiger partial charge in [0.2, 0.25) is 0 Å². The van der Waals surface area contributed by atoms with Gasteiger partial charge in [-0.2, -0.15) is 0 Å². The Kier molecular flexibility index (Phi) is 3.75. The first kappa shape index (κ1) is 11.3. The average molecular weight is 200 g/mol. The first-order valence-corrected chi connectivity index (χ1v) is 5.20. The molecule has 1 aliphatic rings. The summed E-state index contributed by atoms with van der Waals surface area (Å²) in [6.07, 6.45) is 0.293. The summed E-state index contributed by atoms with van der Waals surface area (Å²) in [6, 6.07) is 0.106. The van der Waals surface area contributed by atoms with Crippen LogP contribution in [0.3, 0.4) is 0 Å². The second kappa shape index (κ2) is 4.64. The number of morpholine rings is 1. The van der Waals surface area contributed by atoms with Crippen LogP contribution in [0.2, 0.25) is 0 Å². The van der Waals surface area contributed by atoms with Gasteiger partial charge < -0.3 is 14.5 Å². The van der Waals surface area contributed by atoms with Gasteiger partial charge in [-0.25, -0.2) is 4.79 Å². The molecule has 1 aliphatic heterocycles. The van der Waals surface area contributed by atoms with Crippen molar-refractivity contribution >= 4 is 6.03 Å². The van der Waals surface area contributed by atoms with E-state index in [0.29, 0.717) is 13.1 Å². The van der Waals surface area contributed by atoms with Crippen LogP contribution in [0.5, 0.6) is 0 Å². The van der Waals surface area contributed by atoms with Gasteiger partial charge in [-0.05, 0) is 20.8 Å². The van der Waals surface area contributed by atoms with Crippen molar-refractivity contribution in [3.63, 3.8) is 0 Å². The summed E-state index contributed by atoms with van der Waals surface area (Å²) in [5, 5.41) is 0. The lowest BCUT2D eigenvalue weighted by atomic mass is 10.2. The largest absolute Gasteiger partial charge is 0.372 e. The Balaban J connectivity index is 2.54. The zero-order valence-corrected chi connectivity index (χ0v) is 9.49. The van der Waals surface area contributed by atoms with Crippen molar-refractivity contribution in [1.82, 2.24) is 9.80 Å². The first-order valence-electron chi connectivity index (χ1n) is 5.20. The van der Waals surface area contributed by atoms with Gasteiger partial charge in [-0.1, -0.05) is 0 Å². The summed E-state index contributed by atoms with van der Waals surface area (Å²) in [7, 11) is 1.83. The fourth-order valence-corrected chi connectivity index (χ4v) is 1.71. The number of amides is 2. The van der Waals surface area contributed by atoms with Gasteiger partial charge in [0.1, 0.15) is 0 Å². The molecule has 4 nitrogen and oxygen atoms in total. The zero-order valence-electron chi connectivity index (χ0n) is 9.49. The van der Waals surface area contributed by atoms with Crippen LogP contribution in [0.25, 0.3) is 0 Å². The molecule has 14 heavy (non-hydrogen) atoms. The molecular formula is C10H20N2O2. The quantitative estimate of drug-likeness (QED) is 0.636. The Morgan fingerprint density at radius 2 is 1.93 bits per heavy atom. The molecule has 0 saturated carbocycles. The highest BCUT2D eigenvalue weighted by Gasteiger charge is 2.26. The fraction of sp³-hybridized carbons (Fsp3) is 0.900. The van der Waals surface area contributed by atoms with Crippen molar-refractivity contribution in [2.45, 2.75) is 33.0 Å². The third-order valence-corrected chi connectivity index (χ3v) is 2.49. The summed E-state index contributed by atoms with van der Waals surface area (Å²) < 4.78 is 5.57. The molecule has 2 amide bonds. The van der Waals surface area contributed by atoms with Crippen LogP contribution in [0, 0.1) is 0 Å². The molecule has 2 unspecified atom stereocenters. The van der Waals surface area contributed by atoms with Crippen LogP contribution < -0.4 is 0 Å². The number of ether oxygens (including phenoxy) is 1. The highest BCUT2D eigenvalue weighted by Crippen LogP contribution is 2.11. The van der Waals surface area contributed by atoms with Gasteiger partial charge in [0.05, 0.1) is 12.2 Å². The molecule has 1 saturated heterocycles. The second-order valence-electron chi connectivity index (χ2n) is 3.96. The maximum absolute atomic E-state index is 11.8. The number of nitrogens with zero attached hydrogens (tertiary/aromatic N) is 2. The first-order chi connectivity index (χ1) is 6.54. The molecule has 1 rings (SSSR count). The predicted octanol–water partition coefficient (Wildman–Crippen LogP) is 1.17. The Hall–Kier alpha value is -0.770. The highest BCUT2D eigenvalue weighted by molar-refractivity contribution is 5.74. The Labute approximate surface area is 85.8 Å². The molecule has 1 fully saturated rings. The van der Waals surface area contributed by atoms with E-state index in [-0.39, 0.29) is 18.2 Å². The topological polar surface area (TPSA) is 32.8 Å². The lowest BCUT2D eigenvalue weighted by Gasteiger charge is -2.37. The molecule has 0 aromatic heterocycles. The number of rotatable bonds is 1. The fourth-order valence-electron chi connectivity index (χ4n) is 1.71. The standard InChI is InChI=1S/C10H20N2O2/c1-5-11(4)10(13)12-6-8(2)14-9(3)7-12/h8-9H,5-7H2,1-4H3. The van der Waals surface area contributed by atoms with E-state index in [2.05, 4.69) is 0 Å². The Bertz CT molecular complexity index is 198. The van der Waals surface area contributed by atoms with E-state index < -0.39 is 0 Å². The van der Waals surface area contributed by atoms with Crippen LogP contribution in [0.15, 0.2) is 0 Å². The third kappa shape index (κ3) is 2.61. The van der Waals surface area contributed by atoms with Gasteiger partial charge in [-0.3, -0.25) is 0 Å². The second-order valence-corrected chi connectivity index (χ2v) is 3.96. The Morgan fingerprint density at radius 3 is 2.36 bits per heavy atom. The van der Waals surface area contributed by atoms with Crippen LogP contribution >= 0.6 is 0 Å². The van der Waals surface area contributed by atoms with Gasteiger partial charge in [-0.15, -0.1) is 0 Å². The van der Waals surface area contributed by atoms with Gasteiger partial charge in [0.25, 0.3) is 0 Å². The number of hydrogen-bond donors (Lipinski definition) is 0. The summed E-state index contributed by atoms with van der Waals surface area (Å²) in [5.41, 5.74) is 0. The van der Waals surface area contributed by atoms with Crippen molar-refractivity contribution < 1.29 is 9.53 Å². The predicted molar refractivity (Wildman–Crippen MR) is 55.3 cm³/mol. The molecule has 0 N–H and O–H groups in total. The van der Waals surface area contributed by atoms with E-state index in [1.54, 1.807) is 4.90 Å². The molecule has 4 heteroatoms. The minimum atomic E-state index is 0.106. The summed E-state index contributed by atoms with van der Waals surface area (Å²) >= 11 is 0. The maximum atomic E-state index is 11.8. The van der Waals surface area contributed by atoms with Crippen molar-refractivity contribution in [3.05, 3.63) is 0 Å². The molecule has 0 radical (unpaired) electrons. The van der Waals surface area contributed by atoms with Gasteiger partial charge in [0, 0.05) is 26.7 Å².